The van der Waals surface area contributed by atoms with Crippen LogP contribution in [0.25, 0.3) is 0 Å². The lowest BCUT2D eigenvalue weighted by Gasteiger charge is -2.46. The maximum absolute atomic E-state index is 9.00. The first-order valence-corrected chi connectivity index (χ1v) is 8.11. The number of rotatable bonds is 8. The quantitative estimate of drug-likeness (QED) is 0.711. The fourth-order valence-electron chi connectivity index (χ4n) is 3.64. The third-order valence-corrected chi connectivity index (χ3v) is 4.71. The van der Waals surface area contributed by atoms with Crippen molar-refractivity contribution in [3.8, 4) is 0 Å². The highest BCUT2D eigenvalue weighted by Gasteiger charge is 2.38. The average Bonchev–Trinajstić information content (AvgIpc) is 2.38. The monoisotopic (exact) mass is 270 g/mol. The minimum Gasteiger partial charge on any atom is -0.396 e. The first-order chi connectivity index (χ1) is 9.05. The van der Waals surface area contributed by atoms with Gasteiger partial charge in [-0.25, -0.2) is 0 Å². The Morgan fingerprint density at radius 2 is 2.05 bits per heavy atom. The molecule has 1 aliphatic carbocycles. The highest BCUT2D eigenvalue weighted by Crippen LogP contribution is 2.39. The van der Waals surface area contributed by atoms with E-state index >= 15 is 0 Å². The molecule has 0 aromatic rings. The molecule has 0 aromatic heterocycles. The molecule has 0 amide bonds. The molecular weight excluding hydrogens is 236 g/mol. The SMILES string of the molecule is CCNC1C(CN(CC)CCCO)CCCC1(C)C. The van der Waals surface area contributed by atoms with E-state index in [2.05, 4.69) is 37.9 Å². The van der Waals surface area contributed by atoms with E-state index in [1.165, 1.54) is 25.8 Å². The van der Waals surface area contributed by atoms with Gasteiger partial charge >= 0.3 is 0 Å². The summed E-state index contributed by atoms with van der Waals surface area (Å²) in [6.07, 6.45) is 4.94. The van der Waals surface area contributed by atoms with Gasteiger partial charge in [0.1, 0.15) is 0 Å². The van der Waals surface area contributed by atoms with Crippen molar-refractivity contribution in [3.05, 3.63) is 0 Å². The van der Waals surface area contributed by atoms with Crippen molar-refractivity contribution >= 4 is 0 Å². The predicted molar refractivity (Wildman–Crippen MR) is 82.4 cm³/mol. The minimum absolute atomic E-state index is 0.309. The van der Waals surface area contributed by atoms with E-state index in [0.29, 0.717) is 18.1 Å². The summed E-state index contributed by atoms with van der Waals surface area (Å²) in [4.78, 5) is 2.51. The van der Waals surface area contributed by atoms with E-state index in [9.17, 15) is 0 Å². The molecule has 3 heteroatoms. The summed E-state index contributed by atoms with van der Waals surface area (Å²) in [5.41, 5.74) is 0.412. The van der Waals surface area contributed by atoms with Gasteiger partial charge in [-0.2, -0.15) is 0 Å². The summed E-state index contributed by atoms with van der Waals surface area (Å²) in [5.74, 6) is 0.752. The first-order valence-electron chi connectivity index (χ1n) is 8.11. The number of nitrogens with zero attached hydrogens (tertiary/aromatic N) is 1. The molecule has 3 nitrogen and oxygen atoms in total. The topological polar surface area (TPSA) is 35.5 Å². The third-order valence-electron chi connectivity index (χ3n) is 4.71. The first kappa shape index (κ1) is 16.9. The molecule has 114 valence electrons. The number of aliphatic hydroxyl groups excluding tert-OH is 1. The summed E-state index contributed by atoms with van der Waals surface area (Å²) < 4.78 is 0. The van der Waals surface area contributed by atoms with Gasteiger partial charge in [0.25, 0.3) is 0 Å². The van der Waals surface area contributed by atoms with Gasteiger partial charge in [0.2, 0.25) is 0 Å². The molecule has 0 aliphatic heterocycles. The van der Waals surface area contributed by atoms with Crippen LogP contribution in [0.1, 0.15) is 53.4 Å². The van der Waals surface area contributed by atoms with Crippen molar-refractivity contribution in [2.75, 3.05) is 32.8 Å². The Kier molecular flexibility index (Phi) is 7.33. The van der Waals surface area contributed by atoms with Crippen molar-refractivity contribution in [3.63, 3.8) is 0 Å². The Balaban J connectivity index is 2.61. The van der Waals surface area contributed by atoms with Crippen LogP contribution in [0.15, 0.2) is 0 Å². The highest BCUT2D eigenvalue weighted by molar-refractivity contribution is 4.94. The molecule has 0 radical (unpaired) electrons. The fourth-order valence-corrected chi connectivity index (χ4v) is 3.64. The fraction of sp³-hybridized carbons (Fsp3) is 1.00. The lowest BCUT2D eigenvalue weighted by atomic mass is 9.67. The molecule has 2 unspecified atom stereocenters. The zero-order valence-corrected chi connectivity index (χ0v) is 13.4. The Labute approximate surface area is 119 Å². The summed E-state index contributed by atoms with van der Waals surface area (Å²) in [5, 5.41) is 12.7. The standard InChI is InChI=1S/C16H34N2O/c1-5-17-15-14(9-7-10-16(15,3)4)13-18(6-2)11-8-12-19/h14-15,17,19H,5-13H2,1-4H3. The lowest BCUT2D eigenvalue weighted by Crippen LogP contribution is -2.52. The van der Waals surface area contributed by atoms with Gasteiger partial charge in [0.05, 0.1) is 0 Å². The molecular formula is C16H34N2O. The minimum atomic E-state index is 0.309. The normalized spacial score (nSPS) is 26.8. The molecule has 1 fully saturated rings. The van der Waals surface area contributed by atoms with Gasteiger partial charge in [-0.15, -0.1) is 0 Å². The molecule has 0 bridgehead atoms. The van der Waals surface area contributed by atoms with Crippen molar-refractivity contribution in [1.82, 2.24) is 10.2 Å². The van der Waals surface area contributed by atoms with Gasteiger partial charge in [0, 0.05) is 25.7 Å². The maximum Gasteiger partial charge on any atom is 0.0443 e. The van der Waals surface area contributed by atoms with E-state index < -0.39 is 0 Å². The largest absolute Gasteiger partial charge is 0.396 e. The average molecular weight is 270 g/mol. The summed E-state index contributed by atoms with van der Waals surface area (Å²) in [6.45, 7) is 13.9. The van der Waals surface area contributed by atoms with Crippen LogP contribution in [0.3, 0.4) is 0 Å². The zero-order chi connectivity index (χ0) is 14.3. The molecule has 1 aliphatic rings. The molecule has 19 heavy (non-hydrogen) atoms. The lowest BCUT2D eigenvalue weighted by molar-refractivity contribution is 0.0791. The molecule has 0 heterocycles. The van der Waals surface area contributed by atoms with Crippen LogP contribution in [-0.2, 0) is 0 Å². The highest BCUT2D eigenvalue weighted by atomic mass is 16.3. The number of aliphatic hydroxyl groups is 1. The van der Waals surface area contributed by atoms with Crippen LogP contribution in [0.2, 0.25) is 0 Å². The molecule has 0 aromatic carbocycles. The van der Waals surface area contributed by atoms with Gasteiger partial charge in [-0.3, -0.25) is 0 Å². The second-order valence-electron chi connectivity index (χ2n) is 6.65. The second-order valence-corrected chi connectivity index (χ2v) is 6.65. The predicted octanol–water partition coefficient (Wildman–Crippen LogP) is 2.50. The van der Waals surface area contributed by atoms with Gasteiger partial charge in [-0.05, 0) is 43.7 Å². The van der Waals surface area contributed by atoms with Crippen LogP contribution in [0.4, 0.5) is 0 Å². The van der Waals surface area contributed by atoms with Crippen molar-refractivity contribution < 1.29 is 5.11 Å². The molecule has 0 spiro atoms. The maximum atomic E-state index is 9.00. The molecule has 1 rings (SSSR count). The van der Waals surface area contributed by atoms with Crippen molar-refractivity contribution in [2.45, 2.75) is 59.4 Å². The third kappa shape index (κ3) is 5.05. The zero-order valence-electron chi connectivity index (χ0n) is 13.4. The van der Waals surface area contributed by atoms with Crippen LogP contribution < -0.4 is 5.32 Å². The number of hydrogen-bond donors (Lipinski definition) is 2. The van der Waals surface area contributed by atoms with E-state index in [4.69, 9.17) is 5.11 Å². The summed E-state index contributed by atoms with van der Waals surface area (Å²) in [7, 11) is 0. The Hall–Kier alpha value is -0.120. The smallest absolute Gasteiger partial charge is 0.0443 e. The molecule has 0 saturated heterocycles. The van der Waals surface area contributed by atoms with Gasteiger partial charge in [0.15, 0.2) is 0 Å². The van der Waals surface area contributed by atoms with Gasteiger partial charge in [-0.1, -0.05) is 34.1 Å². The van der Waals surface area contributed by atoms with Crippen molar-refractivity contribution in [1.29, 1.82) is 0 Å². The van der Waals surface area contributed by atoms with Crippen LogP contribution in [0.5, 0.6) is 0 Å². The van der Waals surface area contributed by atoms with Crippen LogP contribution >= 0.6 is 0 Å². The molecule has 1 saturated carbocycles. The van der Waals surface area contributed by atoms with Crippen LogP contribution in [0, 0.1) is 11.3 Å². The van der Waals surface area contributed by atoms with E-state index in [0.717, 1.165) is 32.0 Å². The van der Waals surface area contributed by atoms with Gasteiger partial charge < -0.3 is 15.3 Å². The van der Waals surface area contributed by atoms with Crippen LogP contribution in [-0.4, -0.2) is 48.8 Å². The van der Waals surface area contributed by atoms with E-state index in [1.54, 1.807) is 0 Å². The molecule has 2 N–H and O–H groups in total. The number of nitrogens with one attached hydrogen (secondary N) is 1. The number of hydrogen-bond acceptors (Lipinski definition) is 3. The Bertz CT molecular complexity index is 243. The van der Waals surface area contributed by atoms with E-state index in [-0.39, 0.29) is 0 Å². The second kappa shape index (κ2) is 8.23. The Morgan fingerprint density at radius 3 is 2.63 bits per heavy atom. The molecule has 2 atom stereocenters. The van der Waals surface area contributed by atoms with E-state index in [1.807, 2.05) is 0 Å². The summed E-state index contributed by atoms with van der Waals surface area (Å²) in [6, 6.07) is 0.634. The Morgan fingerprint density at radius 1 is 1.32 bits per heavy atom. The summed E-state index contributed by atoms with van der Waals surface area (Å²) >= 11 is 0. The van der Waals surface area contributed by atoms with Crippen molar-refractivity contribution in [2.24, 2.45) is 11.3 Å².